The van der Waals surface area contributed by atoms with Gasteiger partial charge in [0.15, 0.2) is 0 Å². The van der Waals surface area contributed by atoms with Crippen molar-refractivity contribution >= 4 is 5.82 Å². The van der Waals surface area contributed by atoms with Gasteiger partial charge in [-0.25, -0.2) is 4.98 Å². The minimum absolute atomic E-state index is 0.602. The second-order valence-corrected chi connectivity index (χ2v) is 3.24. The minimum atomic E-state index is 0.602. The molecule has 64 valence electrons. The summed E-state index contributed by atoms with van der Waals surface area (Å²) in [5.41, 5.74) is 6.76. The molecule has 1 aliphatic carbocycles. The molecular formula is C9H13N3. The van der Waals surface area contributed by atoms with Gasteiger partial charge < -0.3 is 11.1 Å². The van der Waals surface area contributed by atoms with Gasteiger partial charge in [-0.15, -0.1) is 0 Å². The topological polar surface area (TPSA) is 50.9 Å². The number of aromatic nitrogens is 1. The van der Waals surface area contributed by atoms with Crippen molar-refractivity contribution < 1.29 is 0 Å². The molecule has 3 heteroatoms. The second kappa shape index (κ2) is 3.11. The van der Waals surface area contributed by atoms with Gasteiger partial charge in [-0.05, 0) is 30.5 Å². The van der Waals surface area contributed by atoms with E-state index >= 15 is 0 Å². The Morgan fingerprint density at radius 1 is 1.58 bits per heavy atom. The van der Waals surface area contributed by atoms with Crippen LogP contribution in [-0.2, 0) is 6.54 Å². The van der Waals surface area contributed by atoms with Crippen LogP contribution in [0.5, 0.6) is 0 Å². The highest BCUT2D eigenvalue weighted by atomic mass is 14.9. The van der Waals surface area contributed by atoms with Crippen LogP contribution in [0.3, 0.4) is 0 Å². The number of rotatable bonds is 3. The van der Waals surface area contributed by atoms with E-state index in [1.807, 2.05) is 12.1 Å². The Kier molecular flexibility index (Phi) is 1.96. The first kappa shape index (κ1) is 7.55. The lowest BCUT2D eigenvalue weighted by Crippen LogP contribution is -2.15. The van der Waals surface area contributed by atoms with E-state index < -0.39 is 0 Å². The Morgan fingerprint density at radius 2 is 2.42 bits per heavy atom. The van der Waals surface area contributed by atoms with E-state index in [0.29, 0.717) is 5.82 Å². The van der Waals surface area contributed by atoms with Crippen LogP contribution < -0.4 is 11.1 Å². The molecule has 0 radical (unpaired) electrons. The maximum absolute atomic E-state index is 5.54. The molecule has 0 bridgehead atoms. The van der Waals surface area contributed by atoms with Crippen molar-refractivity contribution in [3.63, 3.8) is 0 Å². The number of hydrogen-bond donors (Lipinski definition) is 2. The van der Waals surface area contributed by atoms with Crippen molar-refractivity contribution in [2.45, 2.75) is 25.4 Å². The summed E-state index contributed by atoms with van der Waals surface area (Å²) in [6.45, 7) is 0.914. The van der Waals surface area contributed by atoms with Gasteiger partial charge in [0, 0.05) is 18.8 Å². The first-order chi connectivity index (χ1) is 5.84. The highest BCUT2D eigenvalue weighted by Crippen LogP contribution is 2.19. The molecule has 0 saturated heterocycles. The first-order valence-corrected chi connectivity index (χ1v) is 4.28. The van der Waals surface area contributed by atoms with Crippen molar-refractivity contribution in [2.24, 2.45) is 0 Å². The molecule has 1 heterocycles. The maximum atomic E-state index is 5.54. The predicted octanol–water partition coefficient (Wildman–Crippen LogP) is 0.916. The summed E-state index contributed by atoms with van der Waals surface area (Å²) in [6.07, 6.45) is 4.39. The summed E-state index contributed by atoms with van der Waals surface area (Å²) >= 11 is 0. The van der Waals surface area contributed by atoms with Gasteiger partial charge in [-0.2, -0.15) is 0 Å². The fourth-order valence-electron chi connectivity index (χ4n) is 1.15. The van der Waals surface area contributed by atoms with Gasteiger partial charge in [0.05, 0.1) is 0 Å². The Labute approximate surface area is 72.0 Å². The number of hydrogen-bond acceptors (Lipinski definition) is 3. The Morgan fingerprint density at radius 3 is 3.08 bits per heavy atom. The van der Waals surface area contributed by atoms with Crippen LogP contribution >= 0.6 is 0 Å². The fraction of sp³-hybridized carbons (Fsp3) is 0.444. The smallest absolute Gasteiger partial charge is 0.123 e. The van der Waals surface area contributed by atoms with E-state index in [2.05, 4.69) is 10.3 Å². The molecule has 0 atom stereocenters. The molecule has 0 aromatic carbocycles. The number of anilines is 1. The number of nitrogens with two attached hydrogens (primary N) is 1. The van der Waals surface area contributed by atoms with Crippen molar-refractivity contribution in [1.29, 1.82) is 0 Å². The normalized spacial score (nSPS) is 16.3. The molecule has 3 N–H and O–H groups in total. The average molecular weight is 163 g/mol. The zero-order valence-corrected chi connectivity index (χ0v) is 6.96. The second-order valence-electron chi connectivity index (χ2n) is 3.24. The van der Waals surface area contributed by atoms with Crippen molar-refractivity contribution in [3.05, 3.63) is 23.9 Å². The molecule has 3 nitrogen and oxygen atoms in total. The third-order valence-electron chi connectivity index (χ3n) is 2.02. The van der Waals surface area contributed by atoms with Crippen LogP contribution in [0.2, 0.25) is 0 Å². The molecule has 1 aromatic rings. The zero-order valence-electron chi connectivity index (χ0n) is 6.96. The van der Waals surface area contributed by atoms with Gasteiger partial charge in [-0.1, -0.05) is 0 Å². The van der Waals surface area contributed by atoms with E-state index in [0.717, 1.165) is 12.6 Å². The Balaban J connectivity index is 1.92. The number of pyridine rings is 1. The monoisotopic (exact) mass is 163 g/mol. The molecule has 1 fully saturated rings. The van der Waals surface area contributed by atoms with E-state index in [1.54, 1.807) is 6.20 Å². The first-order valence-electron chi connectivity index (χ1n) is 4.28. The summed E-state index contributed by atoms with van der Waals surface area (Å²) < 4.78 is 0. The molecule has 0 spiro atoms. The van der Waals surface area contributed by atoms with Crippen LogP contribution in [0.25, 0.3) is 0 Å². The van der Waals surface area contributed by atoms with E-state index in [1.165, 1.54) is 18.4 Å². The molecule has 1 aliphatic rings. The number of nitrogens with one attached hydrogen (secondary N) is 1. The molecule has 2 rings (SSSR count). The molecule has 0 amide bonds. The third kappa shape index (κ3) is 1.95. The lowest BCUT2D eigenvalue weighted by Gasteiger charge is -2.02. The van der Waals surface area contributed by atoms with E-state index in [-0.39, 0.29) is 0 Å². The van der Waals surface area contributed by atoms with Gasteiger partial charge in [0.1, 0.15) is 5.82 Å². The summed E-state index contributed by atoms with van der Waals surface area (Å²) in [5.74, 6) is 0.602. The van der Waals surface area contributed by atoms with Crippen LogP contribution in [0, 0.1) is 0 Å². The average Bonchev–Trinajstić information content (AvgIpc) is 2.84. The summed E-state index contributed by atoms with van der Waals surface area (Å²) in [7, 11) is 0. The molecule has 0 aliphatic heterocycles. The van der Waals surface area contributed by atoms with E-state index in [4.69, 9.17) is 5.73 Å². The summed E-state index contributed by atoms with van der Waals surface area (Å²) in [4.78, 5) is 3.93. The molecule has 0 unspecified atom stereocenters. The molecule has 1 saturated carbocycles. The van der Waals surface area contributed by atoms with Crippen molar-refractivity contribution in [3.8, 4) is 0 Å². The summed E-state index contributed by atoms with van der Waals surface area (Å²) in [5, 5.41) is 3.42. The Hall–Kier alpha value is -1.09. The van der Waals surface area contributed by atoms with Gasteiger partial charge in [0.25, 0.3) is 0 Å². The highest BCUT2D eigenvalue weighted by molar-refractivity contribution is 5.31. The third-order valence-corrected chi connectivity index (χ3v) is 2.02. The fourth-order valence-corrected chi connectivity index (χ4v) is 1.15. The highest BCUT2D eigenvalue weighted by Gasteiger charge is 2.19. The van der Waals surface area contributed by atoms with Crippen LogP contribution in [-0.4, -0.2) is 11.0 Å². The minimum Gasteiger partial charge on any atom is -0.384 e. The maximum Gasteiger partial charge on any atom is 0.123 e. The van der Waals surface area contributed by atoms with Crippen molar-refractivity contribution in [2.75, 3.05) is 5.73 Å². The van der Waals surface area contributed by atoms with Crippen LogP contribution in [0.1, 0.15) is 18.4 Å². The summed E-state index contributed by atoms with van der Waals surface area (Å²) in [6, 6.07) is 4.65. The predicted molar refractivity (Wildman–Crippen MR) is 48.5 cm³/mol. The molecular weight excluding hydrogens is 150 g/mol. The van der Waals surface area contributed by atoms with Gasteiger partial charge in [-0.3, -0.25) is 0 Å². The number of nitrogens with zero attached hydrogens (tertiary/aromatic N) is 1. The number of nitrogen functional groups attached to an aromatic ring is 1. The lowest BCUT2D eigenvalue weighted by molar-refractivity contribution is 0.687. The lowest BCUT2D eigenvalue weighted by atomic mass is 10.2. The van der Waals surface area contributed by atoms with Gasteiger partial charge in [0.2, 0.25) is 0 Å². The standard InChI is InChI=1S/C9H13N3/c10-9-5-7(3-4-11-9)6-12-8-1-2-8/h3-5,8,12H,1-2,6H2,(H2,10,11). The molecule has 12 heavy (non-hydrogen) atoms. The zero-order chi connectivity index (χ0) is 8.39. The SMILES string of the molecule is Nc1cc(CNC2CC2)ccn1. The van der Waals surface area contributed by atoms with Crippen molar-refractivity contribution in [1.82, 2.24) is 10.3 Å². The van der Waals surface area contributed by atoms with Gasteiger partial charge >= 0.3 is 0 Å². The van der Waals surface area contributed by atoms with E-state index in [9.17, 15) is 0 Å². The quantitative estimate of drug-likeness (QED) is 0.696. The molecule has 1 aromatic heterocycles. The van der Waals surface area contributed by atoms with Crippen LogP contribution in [0.4, 0.5) is 5.82 Å². The largest absolute Gasteiger partial charge is 0.384 e. The Bertz CT molecular complexity index is 268. The van der Waals surface area contributed by atoms with Crippen LogP contribution in [0.15, 0.2) is 18.3 Å².